The van der Waals surface area contributed by atoms with Crippen molar-refractivity contribution in [1.29, 1.82) is 0 Å². The predicted octanol–water partition coefficient (Wildman–Crippen LogP) is 3.64. The van der Waals surface area contributed by atoms with Crippen molar-refractivity contribution in [3.8, 4) is 0 Å². The maximum absolute atomic E-state index is 11.7. The summed E-state index contributed by atoms with van der Waals surface area (Å²) in [5.41, 5.74) is 3.98. The molecular formula is C16H12ClN3OS. The number of pyridine rings is 1. The first-order valence-electron chi connectivity index (χ1n) is 6.62. The number of benzene rings is 1. The van der Waals surface area contributed by atoms with Gasteiger partial charge >= 0.3 is 0 Å². The first kappa shape index (κ1) is 14.7. The van der Waals surface area contributed by atoms with E-state index >= 15 is 0 Å². The molecule has 22 heavy (non-hydrogen) atoms. The average molecular weight is 330 g/mol. The van der Waals surface area contributed by atoms with Gasteiger partial charge in [0.25, 0.3) is 0 Å². The first-order valence-corrected chi connectivity index (χ1v) is 7.88. The molecule has 0 aliphatic rings. The maximum atomic E-state index is 11.7. The Hall–Kier alpha value is -2.24. The fraction of sp³-hybridized carbons (Fsp3) is 0.0625. The van der Waals surface area contributed by atoms with Gasteiger partial charge in [-0.3, -0.25) is 4.79 Å². The molecule has 0 atom stereocenters. The lowest BCUT2D eigenvalue weighted by Crippen LogP contribution is -2.19. The van der Waals surface area contributed by atoms with Crippen LogP contribution >= 0.6 is 22.9 Å². The molecule has 0 saturated carbocycles. The summed E-state index contributed by atoms with van der Waals surface area (Å²) >= 11 is 7.66. The zero-order valence-electron chi connectivity index (χ0n) is 11.5. The minimum Gasteiger partial charge on any atom is -0.273 e. The molecule has 0 saturated heterocycles. The van der Waals surface area contributed by atoms with Gasteiger partial charge in [-0.15, -0.1) is 11.3 Å². The van der Waals surface area contributed by atoms with Crippen LogP contribution in [-0.4, -0.2) is 17.1 Å². The van der Waals surface area contributed by atoms with E-state index in [9.17, 15) is 4.79 Å². The summed E-state index contributed by atoms with van der Waals surface area (Å²) in [7, 11) is 0. The van der Waals surface area contributed by atoms with E-state index in [1.54, 1.807) is 11.3 Å². The molecular weight excluding hydrogens is 318 g/mol. The van der Waals surface area contributed by atoms with Crippen molar-refractivity contribution in [3.05, 3.63) is 63.4 Å². The zero-order chi connectivity index (χ0) is 15.4. The van der Waals surface area contributed by atoms with E-state index in [1.807, 2.05) is 47.8 Å². The van der Waals surface area contributed by atoms with Crippen molar-refractivity contribution < 1.29 is 4.79 Å². The average Bonchev–Trinajstić information content (AvgIpc) is 3.00. The summed E-state index contributed by atoms with van der Waals surface area (Å²) in [5, 5.41) is 7.21. The van der Waals surface area contributed by atoms with E-state index in [4.69, 9.17) is 11.6 Å². The number of hydrogen-bond acceptors (Lipinski definition) is 4. The topological polar surface area (TPSA) is 54.4 Å². The third-order valence-corrected chi connectivity index (χ3v) is 4.19. The van der Waals surface area contributed by atoms with Crippen LogP contribution in [0.5, 0.6) is 0 Å². The van der Waals surface area contributed by atoms with E-state index in [2.05, 4.69) is 15.5 Å². The van der Waals surface area contributed by atoms with E-state index in [0.717, 1.165) is 15.8 Å². The molecule has 0 spiro atoms. The van der Waals surface area contributed by atoms with Gasteiger partial charge in [0.05, 0.1) is 18.2 Å². The van der Waals surface area contributed by atoms with E-state index in [0.29, 0.717) is 17.1 Å². The molecule has 0 fully saturated rings. The number of nitrogens with one attached hydrogen (secondary N) is 1. The van der Waals surface area contributed by atoms with Crippen LogP contribution in [0.1, 0.15) is 10.4 Å². The minimum atomic E-state index is -0.163. The van der Waals surface area contributed by atoms with Gasteiger partial charge in [-0.1, -0.05) is 35.9 Å². The number of carbonyl (C=O) groups excluding carboxylic acids is 1. The van der Waals surface area contributed by atoms with Crippen molar-refractivity contribution in [2.24, 2.45) is 5.10 Å². The Kier molecular flexibility index (Phi) is 4.46. The van der Waals surface area contributed by atoms with Crippen LogP contribution in [-0.2, 0) is 11.2 Å². The second-order valence-electron chi connectivity index (χ2n) is 4.61. The van der Waals surface area contributed by atoms with Crippen LogP contribution in [0.4, 0.5) is 0 Å². The van der Waals surface area contributed by atoms with Crippen molar-refractivity contribution in [3.63, 3.8) is 0 Å². The largest absolute Gasteiger partial charge is 0.273 e. The Morgan fingerprint density at radius 3 is 3.00 bits per heavy atom. The number of para-hydroxylation sites is 1. The zero-order valence-corrected chi connectivity index (χ0v) is 13.1. The molecule has 4 nitrogen and oxygen atoms in total. The highest BCUT2D eigenvalue weighted by molar-refractivity contribution is 7.10. The highest BCUT2D eigenvalue weighted by Crippen LogP contribution is 2.18. The van der Waals surface area contributed by atoms with Crippen LogP contribution in [0.3, 0.4) is 0 Å². The SMILES string of the molecule is O=C(Cc1cccs1)N/N=C\c1cc2ccccc2nc1Cl. The molecule has 0 bridgehead atoms. The lowest BCUT2D eigenvalue weighted by molar-refractivity contribution is -0.120. The number of carbonyl (C=O) groups is 1. The molecule has 6 heteroatoms. The summed E-state index contributed by atoms with van der Waals surface area (Å²) in [4.78, 5) is 17.0. The molecule has 0 radical (unpaired) electrons. The van der Waals surface area contributed by atoms with Crippen molar-refractivity contribution in [2.75, 3.05) is 0 Å². The molecule has 0 aliphatic carbocycles. The van der Waals surface area contributed by atoms with E-state index < -0.39 is 0 Å². The van der Waals surface area contributed by atoms with Crippen molar-refractivity contribution in [1.82, 2.24) is 10.4 Å². The number of nitrogens with zero attached hydrogens (tertiary/aromatic N) is 2. The van der Waals surface area contributed by atoms with Gasteiger partial charge in [0.2, 0.25) is 5.91 Å². The van der Waals surface area contributed by atoms with Gasteiger partial charge in [0.1, 0.15) is 5.15 Å². The van der Waals surface area contributed by atoms with E-state index in [1.165, 1.54) is 6.21 Å². The Bertz CT molecular complexity index is 831. The van der Waals surface area contributed by atoms with E-state index in [-0.39, 0.29) is 5.91 Å². The number of amides is 1. The van der Waals surface area contributed by atoms with Crippen LogP contribution < -0.4 is 5.43 Å². The number of hydrogen-bond donors (Lipinski definition) is 1. The van der Waals surface area contributed by atoms with Gasteiger partial charge in [-0.2, -0.15) is 5.10 Å². The monoisotopic (exact) mass is 329 g/mol. The summed E-state index contributed by atoms with van der Waals surface area (Å²) < 4.78 is 0. The van der Waals surface area contributed by atoms with Crippen LogP contribution in [0, 0.1) is 0 Å². The summed E-state index contributed by atoms with van der Waals surface area (Å²) in [6, 6.07) is 13.4. The fourth-order valence-electron chi connectivity index (χ4n) is 1.98. The van der Waals surface area contributed by atoms with Gasteiger partial charge in [0, 0.05) is 15.8 Å². The smallest absolute Gasteiger partial charge is 0.245 e. The van der Waals surface area contributed by atoms with Crippen LogP contribution in [0.25, 0.3) is 10.9 Å². The lowest BCUT2D eigenvalue weighted by atomic mass is 10.2. The Balaban J connectivity index is 1.69. The minimum absolute atomic E-state index is 0.163. The van der Waals surface area contributed by atoms with Crippen molar-refractivity contribution >= 4 is 46.0 Å². The molecule has 0 aliphatic heterocycles. The highest BCUT2D eigenvalue weighted by Gasteiger charge is 2.04. The number of aromatic nitrogens is 1. The van der Waals surface area contributed by atoms with Gasteiger partial charge in [-0.25, -0.2) is 10.4 Å². The van der Waals surface area contributed by atoms with Gasteiger partial charge in [0.15, 0.2) is 0 Å². The summed E-state index contributed by atoms with van der Waals surface area (Å²) in [5.74, 6) is -0.163. The first-order chi connectivity index (χ1) is 10.7. The van der Waals surface area contributed by atoms with Gasteiger partial charge in [-0.05, 0) is 23.6 Å². The third kappa shape index (κ3) is 3.50. The Morgan fingerprint density at radius 1 is 1.32 bits per heavy atom. The number of fused-ring (bicyclic) bond motifs is 1. The number of halogens is 1. The molecule has 0 unspecified atom stereocenters. The van der Waals surface area contributed by atoms with Gasteiger partial charge < -0.3 is 0 Å². The molecule has 2 aromatic heterocycles. The van der Waals surface area contributed by atoms with Crippen LogP contribution in [0.2, 0.25) is 5.15 Å². The highest BCUT2D eigenvalue weighted by atomic mass is 35.5. The molecule has 1 N–H and O–H groups in total. The molecule has 1 aromatic carbocycles. The fourth-order valence-corrected chi connectivity index (χ4v) is 2.88. The molecule has 3 aromatic rings. The maximum Gasteiger partial charge on any atom is 0.245 e. The number of hydrazone groups is 1. The molecule has 2 heterocycles. The predicted molar refractivity (Wildman–Crippen MR) is 90.5 cm³/mol. The normalized spacial score (nSPS) is 11.1. The number of rotatable bonds is 4. The second kappa shape index (κ2) is 6.68. The molecule has 3 rings (SSSR count). The molecule has 110 valence electrons. The Labute approximate surface area is 136 Å². The van der Waals surface area contributed by atoms with Crippen molar-refractivity contribution in [2.45, 2.75) is 6.42 Å². The second-order valence-corrected chi connectivity index (χ2v) is 6.00. The molecule has 1 amide bonds. The summed E-state index contributed by atoms with van der Waals surface area (Å²) in [6.07, 6.45) is 1.83. The van der Waals surface area contributed by atoms with Crippen LogP contribution in [0.15, 0.2) is 52.9 Å². The standard InChI is InChI=1S/C16H12ClN3OS/c17-16-12(8-11-4-1-2-6-14(11)19-16)10-18-20-15(21)9-13-5-3-7-22-13/h1-8,10H,9H2,(H,20,21)/b18-10-. The summed E-state index contributed by atoms with van der Waals surface area (Å²) in [6.45, 7) is 0. The quantitative estimate of drug-likeness (QED) is 0.451. The number of thiophene rings is 1. The Morgan fingerprint density at radius 2 is 2.18 bits per heavy atom. The lowest BCUT2D eigenvalue weighted by Gasteiger charge is -2.02. The third-order valence-electron chi connectivity index (χ3n) is 3.01.